The third-order valence-electron chi connectivity index (χ3n) is 3.89. The molecule has 0 aliphatic rings. The number of halogens is 1. The number of hydrogen-bond acceptors (Lipinski definition) is 9. The summed E-state index contributed by atoms with van der Waals surface area (Å²) in [5.41, 5.74) is -1.95. The van der Waals surface area contributed by atoms with E-state index in [1.54, 1.807) is 73.1 Å². The summed E-state index contributed by atoms with van der Waals surface area (Å²) in [5.74, 6) is 0.0229. The van der Waals surface area contributed by atoms with Gasteiger partial charge in [-0.25, -0.2) is 24.4 Å². The lowest BCUT2D eigenvalue weighted by atomic mass is 10.2. The second kappa shape index (κ2) is 10.5. The molecule has 35 heavy (non-hydrogen) atoms. The molecule has 11 nitrogen and oxygen atoms in total. The predicted molar refractivity (Wildman–Crippen MR) is 137 cm³/mol. The summed E-state index contributed by atoms with van der Waals surface area (Å²) in [5, 5.41) is 0.446. The van der Waals surface area contributed by atoms with Crippen LogP contribution in [0.1, 0.15) is 62.3 Å². The molecule has 2 rings (SSSR count). The summed E-state index contributed by atoms with van der Waals surface area (Å²) in [6.45, 7) is 15.7. The number of hydrogen-bond donors (Lipinski definition) is 0. The smallest absolute Gasteiger partial charge is 0.443 e. The molecule has 0 N–H and O–H groups in total. The number of carbonyl (C=O) groups excluding carboxylic acids is 3. The minimum atomic E-state index is -0.927. The summed E-state index contributed by atoms with van der Waals surface area (Å²) >= 11 is 2.06. The number of anilines is 1. The largest absolute Gasteiger partial charge is 0.508 e. The Morgan fingerprint density at radius 2 is 1.40 bits per heavy atom. The third-order valence-corrected chi connectivity index (χ3v) is 4.71. The molecule has 194 valence electrons. The Morgan fingerprint density at radius 1 is 0.886 bits per heavy atom. The summed E-state index contributed by atoms with van der Waals surface area (Å²) < 4.78 is 23.6. The van der Waals surface area contributed by atoms with Crippen molar-refractivity contribution in [2.24, 2.45) is 0 Å². The molecule has 2 amide bonds. The average Bonchev–Trinajstić information content (AvgIpc) is 2.94. The Morgan fingerprint density at radius 3 is 1.89 bits per heavy atom. The van der Waals surface area contributed by atoms with Crippen LogP contribution in [0.2, 0.25) is 0 Å². The molecule has 2 aromatic rings. The average molecular weight is 604 g/mol. The van der Waals surface area contributed by atoms with Gasteiger partial charge in [0, 0.05) is 9.77 Å². The van der Waals surface area contributed by atoms with Gasteiger partial charge in [-0.15, -0.1) is 0 Å². The van der Waals surface area contributed by atoms with Crippen LogP contribution < -0.4 is 4.90 Å². The van der Waals surface area contributed by atoms with Crippen LogP contribution in [-0.4, -0.2) is 56.3 Å². The first-order chi connectivity index (χ1) is 15.9. The monoisotopic (exact) mass is 604 g/mol. The molecule has 2 aromatic heterocycles. The summed E-state index contributed by atoms with van der Waals surface area (Å²) in [4.78, 5) is 47.3. The van der Waals surface area contributed by atoms with Crippen LogP contribution in [0.4, 0.5) is 20.2 Å². The molecule has 0 spiro atoms. The fourth-order valence-electron chi connectivity index (χ4n) is 2.77. The molecular formula is C23H33IN4O7. The van der Waals surface area contributed by atoms with E-state index >= 15 is 0 Å². The molecular weight excluding hydrogens is 571 g/mol. The lowest BCUT2D eigenvalue weighted by Gasteiger charge is -2.28. The Hall–Kier alpha value is -2.64. The van der Waals surface area contributed by atoms with Gasteiger partial charge in [-0.2, -0.15) is 4.90 Å². The molecule has 0 fully saturated rings. The first kappa shape index (κ1) is 28.6. The van der Waals surface area contributed by atoms with Crippen molar-refractivity contribution >= 4 is 57.8 Å². The van der Waals surface area contributed by atoms with Crippen LogP contribution in [0.25, 0.3) is 11.0 Å². The van der Waals surface area contributed by atoms with Gasteiger partial charge in [0.1, 0.15) is 35.4 Å². The zero-order chi connectivity index (χ0) is 26.8. The van der Waals surface area contributed by atoms with Gasteiger partial charge < -0.3 is 23.5 Å². The zero-order valence-electron chi connectivity index (χ0n) is 21.6. The van der Waals surface area contributed by atoms with E-state index in [2.05, 4.69) is 32.6 Å². The summed E-state index contributed by atoms with van der Waals surface area (Å²) in [6.07, 6.45) is 0.359. The second-order valence-corrected chi connectivity index (χ2v) is 11.8. The number of nitrogens with zero attached hydrogens (tertiary/aromatic N) is 4. The maximum Gasteiger partial charge on any atom is 0.508 e. The normalized spacial score (nSPS) is 12.3. The van der Waals surface area contributed by atoms with Crippen LogP contribution in [0.15, 0.2) is 12.5 Å². The van der Waals surface area contributed by atoms with Gasteiger partial charge in [0.2, 0.25) is 0 Å². The van der Waals surface area contributed by atoms with Crippen LogP contribution in [-0.2, 0) is 25.5 Å². The van der Waals surface area contributed by atoms with Crippen molar-refractivity contribution in [1.29, 1.82) is 0 Å². The summed E-state index contributed by atoms with van der Waals surface area (Å²) in [7, 11) is 0. The molecule has 0 radical (unpaired) electrons. The number of fused-ring (bicyclic) bond motifs is 1. The van der Waals surface area contributed by atoms with Gasteiger partial charge in [0.25, 0.3) is 0 Å². The number of aromatic nitrogens is 3. The highest BCUT2D eigenvalue weighted by Gasteiger charge is 2.35. The maximum absolute atomic E-state index is 13.1. The fourth-order valence-corrected chi connectivity index (χ4v) is 3.59. The highest BCUT2D eigenvalue weighted by atomic mass is 127. The number of ether oxygens (including phenoxy) is 4. The van der Waals surface area contributed by atoms with Gasteiger partial charge in [0.15, 0.2) is 5.82 Å². The molecule has 12 heteroatoms. The SMILES string of the molecule is CC(C)(C)OC(=O)OCCn1cc(I)c2c(N(C(=O)OC(C)(C)C)C(=O)OC(C)(C)C)ncnc21. The second-order valence-electron chi connectivity index (χ2n) is 10.7. The van der Waals surface area contributed by atoms with Gasteiger partial charge in [0.05, 0.1) is 11.9 Å². The maximum atomic E-state index is 13.1. The van der Waals surface area contributed by atoms with Crippen LogP contribution in [0.3, 0.4) is 0 Å². The van der Waals surface area contributed by atoms with E-state index in [0.717, 1.165) is 4.90 Å². The number of imide groups is 1. The predicted octanol–water partition coefficient (Wildman–Crippen LogP) is 5.66. The molecule has 0 saturated heterocycles. The molecule has 0 bridgehead atoms. The minimum absolute atomic E-state index is 0.0229. The Labute approximate surface area is 218 Å². The topological polar surface area (TPSA) is 122 Å². The fraction of sp³-hybridized carbons (Fsp3) is 0.609. The van der Waals surface area contributed by atoms with E-state index in [4.69, 9.17) is 18.9 Å². The molecule has 0 aromatic carbocycles. The quantitative estimate of drug-likeness (QED) is 0.247. The van der Waals surface area contributed by atoms with Gasteiger partial charge in [-0.3, -0.25) is 0 Å². The molecule has 0 aliphatic heterocycles. The van der Waals surface area contributed by atoms with E-state index in [0.29, 0.717) is 14.6 Å². The molecule has 0 saturated carbocycles. The lowest BCUT2D eigenvalue weighted by Crippen LogP contribution is -2.44. The van der Waals surface area contributed by atoms with E-state index in [-0.39, 0.29) is 19.0 Å². The van der Waals surface area contributed by atoms with Crippen molar-refractivity contribution in [1.82, 2.24) is 14.5 Å². The Balaban J connectivity index is 2.42. The minimum Gasteiger partial charge on any atom is -0.443 e. The molecule has 2 heterocycles. The van der Waals surface area contributed by atoms with E-state index in [1.807, 2.05) is 0 Å². The van der Waals surface area contributed by atoms with Crippen molar-refractivity contribution in [2.45, 2.75) is 85.7 Å². The van der Waals surface area contributed by atoms with Crippen molar-refractivity contribution in [3.63, 3.8) is 0 Å². The van der Waals surface area contributed by atoms with Crippen LogP contribution in [0, 0.1) is 3.57 Å². The third kappa shape index (κ3) is 8.51. The van der Waals surface area contributed by atoms with E-state index in [1.165, 1.54) is 6.33 Å². The number of carbonyl (C=O) groups is 3. The Bertz CT molecular complexity index is 1070. The van der Waals surface area contributed by atoms with Crippen LogP contribution in [0.5, 0.6) is 0 Å². The van der Waals surface area contributed by atoms with Crippen LogP contribution >= 0.6 is 22.6 Å². The van der Waals surface area contributed by atoms with Gasteiger partial charge in [-0.1, -0.05) is 0 Å². The van der Waals surface area contributed by atoms with Crippen molar-refractivity contribution < 1.29 is 33.3 Å². The molecule has 0 unspecified atom stereocenters. The van der Waals surface area contributed by atoms with Gasteiger partial charge in [-0.05, 0) is 84.9 Å². The van der Waals surface area contributed by atoms with E-state index < -0.39 is 35.1 Å². The highest BCUT2D eigenvalue weighted by Crippen LogP contribution is 2.31. The highest BCUT2D eigenvalue weighted by molar-refractivity contribution is 14.1. The number of amides is 2. The summed E-state index contributed by atoms with van der Waals surface area (Å²) in [6, 6.07) is 0. The standard InChI is InChI=1S/C23H33IN4O7/c1-21(2,3)33-18(29)28(19(30)34-22(4,5)6)17-15-14(24)12-27(16(15)25-13-26-17)10-11-32-20(31)35-23(7,8)9/h12-13H,10-11H2,1-9H3. The first-order valence-corrected chi connectivity index (χ1v) is 12.1. The van der Waals surface area contributed by atoms with Gasteiger partial charge >= 0.3 is 18.3 Å². The van der Waals surface area contributed by atoms with Crippen molar-refractivity contribution in [3.05, 3.63) is 16.1 Å². The van der Waals surface area contributed by atoms with E-state index in [9.17, 15) is 14.4 Å². The molecule has 0 atom stereocenters. The number of rotatable bonds is 4. The zero-order valence-corrected chi connectivity index (χ0v) is 23.8. The van der Waals surface area contributed by atoms with Crippen molar-refractivity contribution in [3.8, 4) is 0 Å². The first-order valence-electron chi connectivity index (χ1n) is 11.0. The molecule has 0 aliphatic carbocycles. The van der Waals surface area contributed by atoms with Crippen molar-refractivity contribution in [2.75, 3.05) is 11.5 Å². The Kier molecular flexibility index (Phi) is 8.61. The lowest BCUT2D eigenvalue weighted by molar-refractivity contribution is -0.00827.